The summed E-state index contributed by atoms with van der Waals surface area (Å²) in [6.45, 7) is 3.55. The van der Waals surface area contributed by atoms with Gasteiger partial charge < -0.3 is 25.5 Å². The number of anilines is 2. The number of hydrogen-bond acceptors (Lipinski definition) is 10. The molecular formula is C24H23N5O5S. The van der Waals surface area contributed by atoms with Crippen molar-refractivity contribution in [3.05, 3.63) is 64.0 Å². The second kappa shape index (κ2) is 10.3. The molecule has 0 fully saturated rings. The first kappa shape index (κ1) is 25.3. The van der Waals surface area contributed by atoms with E-state index in [4.69, 9.17) is 20.9 Å². The Balaban J connectivity index is 1.98. The molecule has 11 heteroatoms. The molecule has 0 radical (unpaired) electrons. The molecule has 0 bridgehead atoms. The highest BCUT2D eigenvalue weighted by atomic mass is 32.2. The number of pyridine rings is 1. The number of aromatic nitrogens is 2. The van der Waals surface area contributed by atoms with Crippen molar-refractivity contribution >= 4 is 41.0 Å². The molecule has 4 N–H and O–H groups in total. The number of thioether (sulfide) groups is 1. The van der Waals surface area contributed by atoms with E-state index in [1.807, 2.05) is 6.07 Å². The zero-order valence-electron chi connectivity index (χ0n) is 19.5. The number of esters is 2. The van der Waals surface area contributed by atoms with Gasteiger partial charge in [0.25, 0.3) is 0 Å². The van der Waals surface area contributed by atoms with Gasteiger partial charge in [0.2, 0.25) is 0 Å². The van der Waals surface area contributed by atoms with E-state index in [-0.39, 0.29) is 44.8 Å². The largest absolute Gasteiger partial charge is 0.465 e. The van der Waals surface area contributed by atoms with Crippen LogP contribution in [-0.4, -0.2) is 47.2 Å². The Bertz CT molecular complexity index is 1360. The number of aryl methyl sites for hydroxylation is 1. The van der Waals surface area contributed by atoms with Crippen LogP contribution in [0.15, 0.2) is 35.4 Å². The topological polar surface area (TPSA) is 163 Å². The molecular weight excluding hydrogens is 470 g/mol. The minimum atomic E-state index is -0.616. The number of carbonyl (C=O) groups excluding carboxylic acids is 3. The molecule has 0 aliphatic rings. The van der Waals surface area contributed by atoms with Crippen LogP contribution in [-0.2, 0) is 9.47 Å². The first-order valence-corrected chi connectivity index (χ1v) is 11.2. The maximum Gasteiger partial charge on any atom is 0.337 e. The zero-order chi connectivity index (χ0) is 25.9. The second-order valence-electron chi connectivity index (χ2n) is 7.51. The Labute approximate surface area is 205 Å². The van der Waals surface area contributed by atoms with E-state index in [0.29, 0.717) is 22.6 Å². The smallest absolute Gasteiger partial charge is 0.337 e. The van der Waals surface area contributed by atoms with Gasteiger partial charge in [-0.05, 0) is 38.1 Å². The lowest BCUT2D eigenvalue weighted by atomic mass is 10.1. The lowest BCUT2D eigenvalue weighted by Crippen LogP contribution is -2.10. The van der Waals surface area contributed by atoms with E-state index in [0.717, 1.165) is 11.8 Å². The maximum atomic E-state index is 13.1. The van der Waals surface area contributed by atoms with Crippen molar-refractivity contribution in [1.82, 2.24) is 9.55 Å². The van der Waals surface area contributed by atoms with Gasteiger partial charge in [-0.15, -0.1) is 0 Å². The molecule has 0 aliphatic heterocycles. The summed E-state index contributed by atoms with van der Waals surface area (Å²) in [5, 5.41) is 9.64. The Morgan fingerprint density at radius 2 is 1.63 bits per heavy atom. The van der Waals surface area contributed by atoms with Crippen molar-refractivity contribution in [2.45, 2.75) is 18.9 Å². The summed E-state index contributed by atoms with van der Waals surface area (Å²) >= 11 is 1.07. The number of carbonyl (C=O) groups is 3. The lowest BCUT2D eigenvalue weighted by Gasteiger charge is -2.13. The van der Waals surface area contributed by atoms with Crippen LogP contribution in [0.5, 0.6) is 0 Å². The van der Waals surface area contributed by atoms with Crippen LogP contribution in [0.25, 0.3) is 5.69 Å². The van der Waals surface area contributed by atoms with E-state index in [1.165, 1.54) is 26.4 Å². The second-order valence-corrected chi connectivity index (χ2v) is 8.48. The van der Waals surface area contributed by atoms with Crippen LogP contribution >= 0.6 is 11.8 Å². The van der Waals surface area contributed by atoms with E-state index in [2.05, 4.69) is 4.98 Å². The van der Waals surface area contributed by atoms with E-state index in [1.54, 1.807) is 36.6 Å². The Morgan fingerprint density at radius 1 is 1.03 bits per heavy atom. The fourth-order valence-corrected chi connectivity index (χ4v) is 4.54. The van der Waals surface area contributed by atoms with Gasteiger partial charge in [0, 0.05) is 28.7 Å². The van der Waals surface area contributed by atoms with Gasteiger partial charge in [-0.2, -0.15) is 5.26 Å². The van der Waals surface area contributed by atoms with Crippen molar-refractivity contribution in [3.63, 3.8) is 0 Å². The summed E-state index contributed by atoms with van der Waals surface area (Å²) in [6, 6.07) is 9.61. The van der Waals surface area contributed by atoms with Crippen LogP contribution in [0.2, 0.25) is 0 Å². The highest BCUT2D eigenvalue weighted by Gasteiger charge is 2.21. The van der Waals surface area contributed by atoms with Crippen molar-refractivity contribution < 1.29 is 23.9 Å². The monoisotopic (exact) mass is 493 g/mol. The van der Waals surface area contributed by atoms with E-state index in [9.17, 15) is 19.6 Å². The van der Waals surface area contributed by atoms with Crippen molar-refractivity contribution in [3.8, 4) is 11.8 Å². The number of nitrogen functional groups attached to an aromatic ring is 2. The molecule has 3 rings (SSSR count). The van der Waals surface area contributed by atoms with Gasteiger partial charge in [-0.25, -0.2) is 14.6 Å². The Morgan fingerprint density at radius 3 is 2.17 bits per heavy atom. The molecule has 0 saturated carbocycles. The summed E-state index contributed by atoms with van der Waals surface area (Å²) in [7, 11) is 2.49. The summed E-state index contributed by atoms with van der Waals surface area (Å²) in [6.07, 6.45) is 0. The van der Waals surface area contributed by atoms with Crippen LogP contribution in [0, 0.1) is 25.2 Å². The third kappa shape index (κ3) is 5.12. The first-order valence-electron chi connectivity index (χ1n) is 10.2. The van der Waals surface area contributed by atoms with Gasteiger partial charge in [-0.3, -0.25) is 4.79 Å². The quantitative estimate of drug-likeness (QED) is 0.284. The lowest BCUT2D eigenvalue weighted by molar-refractivity contribution is 0.0599. The summed E-state index contributed by atoms with van der Waals surface area (Å²) in [5.74, 6) is -1.30. The molecule has 0 amide bonds. The minimum Gasteiger partial charge on any atom is -0.465 e. The third-order valence-corrected chi connectivity index (χ3v) is 6.21. The molecule has 0 atom stereocenters. The molecule has 0 saturated heterocycles. The standard InChI is InChI=1S/C24H23N5O5S/c1-12-5-17(20(30)11-35-22-18(10-25)19(26)9-21(27)28-22)13(2)29(12)16-7-14(23(31)33-3)6-15(8-16)24(32)34-4/h5-9H,11H2,1-4H3,(H4,26,27,28). The van der Waals surface area contributed by atoms with Crippen molar-refractivity contribution in [2.75, 3.05) is 31.4 Å². The Kier molecular flexibility index (Phi) is 7.46. The molecule has 3 aromatic rings. The molecule has 10 nitrogen and oxygen atoms in total. The number of methoxy groups -OCH3 is 2. The van der Waals surface area contributed by atoms with Gasteiger partial charge in [0.15, 0.2) is 5.78 Å². The molecule has 0 spiro atoms. The fraction of sp³-hybridized carbons (Fsp3) is 0.208. The molecule has 0 aliphatic carbocycles. The third-order valence-electron chi connectivity index (χ3n) is 5.24. The van der Waals surface area contributed by atoms with Crippen LogP contribution < -0.4 is 11.5 Å². The predicted molar refractivity (Wildman–Crippen MR) is 131 cm³/mol. The molecule has 35 heavy (non-hydrogen) atoms. The van der Waals surface area contributed by atoms with Crippen LogP contribution in [0.3, 0.4) is 0 Å². The minimum absolute atomic E-state index is 0.00945. The van der Waals surface area contributed by atoms with Gasteiger partial charge in [0.05, 0.1) is 36.8 Å². The van der Waals surface area contributed by atoms with Crippen LogP contribution in [0.1, 0.15) is 48.0 Å². The number of ether oxygens (including phenoxy) is 2. The number of nitrogens with zero attached hydrogens (tertiary/aromatic N) is 3. The van der Waals surface area contributed by atoms with Gasteiger partial charge in [-0.1, -0.05) is 11.8 Å². The molecule has 2 heterocycles. The highest BCUT2D eigenvalue weighted by Crippen LogP contribution is 2.29. The molecule has 1 aromatic carbocycles. The normalized spacial score (nSPS) is 10.5. The van der Waals surface area contributed by atoms with Crippen LogP contribution in [0.4, 0.5) is 11.5 Å². The number of nitriles is 1. The highest BCUT2D eigenvalue weighted by molar-refractivity contribution is 8.00. The van der Waals surface area contributed by atoms with Gasteiger partial charge in [0.1, 0.15) is 22.5 Å². The number of nitrogens with two attached hydrogens (primary N) is 2. The Hall–Kier alpha value is -4.30. The van der Waals surface area contributed by atoms with Crippen molar-refractivity contribution in [1.29, 1.82) is 5.26 Å². The van der Waals surface area contributed by atoms with Gasteiger partial charge >= 0.3 is 11.9 Å². The number of benzene rings is 1. The predicted octanol–water partition coefficient (Wildman–Crippen LogP) is 3.07. The summed E-state index contributed by atoms with van der Waals surface area (Å²) < 4.78 is 11.4. The summed E-state index contributed by atoms with van der Waals surface area (Å²) in [4.78, 5) is 41.6. The SMILES string of the molecule is COC(=O)c1cc(C(=O)OC)cc(-n2c(C)cc(C(=O)CSc3nc(N)cc(N)c3C#N)c2C)c1. The number of hydrogen-bond donors (Lipinski definition) is 2. The average Bonchev–Trinajstić information content (AvgIpc) is 3.14. The summed E-state index contributed by atoms with van der Waals surface area (Å²) in [5.41, 5.74) is 14.5. The molecule has 180 valence electrons. The van der Waals surface area contributed by atoms with E-state index >= 15 is 0 Å². The average molecular weight is 494 g/mol. The zero-order valence-corrected chi connectivity index (χ0v) is 20.4. The number of Topliss-reactive ketones (excluding diaryl/α,β-unsaturated/α-hetero) is 1. The molecule has 0 unspecified atom stereocenters. The first-order chi connectivity index (χ1) is 16.6. The molecule has 2 aromatic heterocycles. The van der Waals surface area contributed by atoms with Crippen molar-refractivity contribution in [2.24, 2.45) is 0 Å². The number of rotatable bonds is 7. The fourth-order valence-electron chi connectivity index (χ4n) is 3.64. The van der Waals surface area contributed by atoms with E-state index < -0.39 is 11.9 Å². The number of ketones is 1. The maximum absolute atomic E-state index is 13.1.